The molecule has 1 aromatic heterocycles. The third kappa shape index (κ3) is 3.41. The molecule has 0 unspecified atom stereocenters. The lowest BCUT2D eigenvalue weighted by Gasteiger charge is -2.13. The van der Waals surface area contributed by atoms with Gasteiger partial charge in [0, 0.05) is 22.8 Å². The van der Waals surface area contributed by atoms with Crippen LogP contribution in [0.5, 0.6) is 11.6 Å². The van der Waals surface area contributed by atoms with Crippen LogP contribution in [0.15, 0.2) is 28.9 Å². The van der Waals surface area contributed by atoms with Crippen molar-refractivity contribution in [3.8, 4) is 11.6 Å². The summed E-state index contributed by atoms with van der Waals surface area (Å²) in [6.07, 6.45) is -3.73. The van der Waals surface area contributed by atoms with E-state index in [0.717, 1.165) is 6.20 Å². The van der Waals surface area contributed by atoms with Gasteiger partial charge in [0.25, 0.3) is 0 Å². The molecule has 2 aromatic rings. The summed E-state index contributed by atoms with van der Waals surface area (Å²) in [5, 5.41) is 0. The highest BCUT2D eigenvalue weighted by molar-refractivity contribution is 9.10. The number of halogens is 6. The first kappa shape index (κ1) is 15.5. The number of pyridine rings is 1. The molecule has 0 spiro atoms. The molecule has 2 N–H and O–H groups in total. The summed E-state index contributed by atoms with van der Waals surface area (Å²) in [6, 6.07) is 1.87. The third-order valence-electron chi connectivity index (χ3n) is 2.38. The van der Waals surface area contributed by atoms with Gasteiger partial charge in [-0.1, -0.05) is 0 Å². The van der Waals surface area contributed by atoms with E-state index in [1.807, 2.05) is 0 Å². The Balaban J connectivity index is 2.47. The van der Waals surface area contributed by atoms with Crippen LogP contribution in [-0.2, 0) is 6.18 Å². The van der Waals surface area contributed by atoms with Gasteiger partial charge in [0.15, 0.2) is 11.6 Å². The second-order valence-corrected chi connectivity index (χ2v) is 4.83. The second-order valence-electron chi connectivity index (χ2n) is 3.91. The molecule has 2 rings (SSSR count). The Hall–Kier alpha value is -1.90. The minimum Gasteiger partial charge on any atom is -0.435 e. The predicted octanol–water partition coefficient (Wildman–Crippen LogP) is 4.52. The predicted molar refractivity (Wildman–Crippen MR) is 67.8 cm³/mol. The standard InChI is InChI=1S/C12H6BrF5N2O/c13-5-1-6(12(16,17)18)11(20-4-5)21-10-3-7(14)9(19)2-8(10)15/h1-4H,19H2. The topological polar surface area (TPSA) is 48.1 Å². The van der Waals surface area contributed by atoms with E-state index in [9.17, 15) is 22.0 Å². The Bertz CT molecular complexity index is 690. The van der Waals surface area contributed by atoms with Crippen molar-refractivity contribution in [2.45, 2.75) is 6.18 Å². The highest BCUT2D eigenvalue weighted by atomic mass is 79.9. The average Bonchev–Trinajstić information content (AvgIpc) is 2.36. The van der Waals surface area contributed by atoms with Gasteiger partial charge in [-0.25, -0.2) is 13.8 Å². The largest absolute Gasteiger partial charge is 0.435 e. The van der Waals surface area contributed by atoms with E-state index in [4.69, 9.17) is 10.5 Å². The Morgan fingerprint density at radius 1 is 1.10 bits per heavy atom. The van der Waals surface area contributed by atoms with Gasteiger partial charge < -0.3 is 10.5 Å². The molecule has 0 amide bonds. The minimum atomic E-state index is -4.77. The van der Waals surface area contributed by atoms with E-state index >= 15 is 0 Å². The Morgan fingerprint density at radius 2 is 1.76 bits per heavy atom. The van der Waals surface area contributed by atoms with Gasteiger partial charge in [0.2, 0.25) is 5.88 Å². The Labute approximate surface area is 123 Å². The third-order valence-corrected chi connectivity index (χ3v) is 2.81. The van der Waals surface area contributed by atoms with Gasteiger partial charge in [0.05, 0.1) is 5.69 Å². The molecule has 0 aliphatic heterocycles. The number of nitrogens with two attached hydrogens (primary N) is 1. The zero-order valence-electron chi connectivity index (χ0n) is 10.0. The molecule has 1 heterocycles. The van der Waals surface area contributed by atoms with Crippen molar-refractivity contribution in [1.82, 2.24) is 4.98 Å². The maximum absolute atomic E-state index is 13.5. The summed E-state index contributed by atoms with van der Waals surface area (Å²) in [6.45, 7) is 0. The lowest BCUT2D eigenvalue weighted by Crippen LogP contribution is -2.09. The average molecular weight is 369 g/mol. The molecule has 112 valence electrons. The molecule has 0 aliphatic carbocycles. The van der Waals surface area contributed by atoms with Gasteiger partial charge in [-0.15, -0.1) is 0 Å². The zero-order chi connectivity index (χ0) is 15.8. The van der Waals surface area contributed by atoms with Gasteiger partial charge in [-0.2, -0.15) is 13.2 Å². The van der Waals surface area contributed by atoms with E-state index in [-0.39, 0.29) is 4.47 Å². The first-order valence-corrected chi connectivity index (χ1v) is 6.13. The van der Waals surface area contributed by atoms with Crippen molar-refractivity contribution < 1.29 is 26.7 Å². The molecule has 0 atom stereocenters. The Kier molecular flexibility index (Phi) is 4.04. The van der Waals surface area contributed by atoms with Crippen LogP contribution >= 0.6 is 15.9 Å². The van der Waals surface area contributed by atoms with Crippen LogP contribution in [0, 0.1) is 11.6 Å². The molecule has 3 nitrogen and oxygen atoms in total. The molecule has 9 heteroatoms. The maximum Gasteiger partial charge on any atom is 0.421 e. The van der Waals surface area contributed by atoms with Crippen molar-refractivity contribution >= 4 is 21.6 Å². The van der Waals surface area contributed by atoms with Gasteiger partial charge in [-0.3, -0.25) is 0 Å². The second kappa shape index (κ2) is 5.47. The van der Waals surface area contributed by atoms with Crippen molar-refractivity contribution in [2.24, 2.45) is 0 Å². The van der Waals surface area contributed by atoms with Crippen LogP contribution in [0.25, 0.3) is 0 Å². The van der Waals surface area contributed by atoms with Crippen LogP contribution in [0.3, 0.4) is 0 Å². The van der Waals surface area contributed by atoms with Crippen LogP contribution in [-0.4, -0.2) is 4.98 Å². The van der Waals surface area contributed by atoms with E-state index < -0.39 is 40.7 Å². The Morgan fingerprint density at radius 3 is 2.38 bits per heavy atom. The normalized spacial score (nSPS) is 11.5. The first-order valence-electron chi connectivity index (χ1n) is 5.33. The number of hydrogen-bond acceptors (Lipinski definition) is 3. The number of aromatic nitrogens is 1. The molecule has 0 fully saturated rings. The van der Waals surface area contributed by atoms with E-state index in [1.54, 1.807) is 0 Å². The number of anilines is 1. The number of nitrogen functional groups attached to an aromatic ring is 1. The summed E-state index contributed by atoms with van der Waals surface area (Å²) < 4.78 is 70.1. The van der Waals surface area contributed by atoms with Crippen LogP contribution in [0.1, 0.15) is 5.56 Å². The van der Waals surface area contributed by atoms with Crippen LogP contribution < -0.4 is 10.5 Å². The zero-order valence-corrected chi connectivity index (χ0v) is 11.6. The number of hydrogen-bond donors (Lipinski definition) is 1. The summed E-state index contributed by atoms with van der Waals surface area (Å²) in [5.41, 5.74) is 3.41. The van der Waals surface area contributed by atoms with Gasteiger partial charge in [0.1, 0.15) is 11.4 Å². The first-order chi connectivity index (χ1) is 9.68. The van der Waals surface area contributed by atoms with Crippen molar-refractivity contribution in [3.05, 3.63) is 46.1 Å². The molecule has 0 radical (unpaired) electrons. The van der Waals surface area contributed by atoms with Crippen molar-refractivity contribution in [2.75, 3.05) is 5.73 Å². The minimum absolute atomic E-state index is 0.0612. The lowest BCUT2D eigenvalue weighted by atomic mass is 10.2. The number of rotatable bonds is 2. The van der Waals surface area contributed by atoms with Crippen molar-refractivity contribution in [1.29, 1.82) is 0 Å². The number of benzene rings is 1. The molecule has 0 saturated heterocycles. The molecular formula is C12H6BrF5N2O. The van der Waals surface area contributed by atoms with Gasteiger partial charge >= 0.3 is 6.18 Å². The quantitative estimate of drug-likeness (QED) is 0.626. The number of nitrogens with zero attached hydrogens (tertiary/aromatic N) is 1. The van der Waals surface area contributed by atoms with Gasteiger partial charge in [-0.05, 0) is 22.0 Å². The molecule has 1 aromatic carbocycles. The van der Waals surface area contributed by atoms with E-state index in [0.29, 0.717) is 18.2 Å². The van der Waals surface area contributed by atoms with Crippen LogP contribution in [0.4, 0.5) is 27.6 Å². The smallest absolute Gasteiger partial charge is 0.421 e. The van der Waals surface area contributed by atoms with Crippen LogP contribution in [0.2, 0.25) is 0 Å². The van der Waals surface area contributed by atoms with E-state index in [2.05, 4.69) is 20.9 Å². The molecular weight excluding hydrogens is 363 g/mol. The van der Waals surface area contributed by atoms with E-state index in [1.165, 1.54) is 0 Å². The lowest BCUT2D eigenvalue weighted by molar-refractivity contribution is -0.138. The number of alkyl halides is 3. The summed E-state index contributed by atoms with van der Waals surface area (Å²) in [5.74, 6) is -3.76. The molecule has 0 saturated carbocycles. The fourth-order valence-electron chi connectivity index (χ4n) is 1.44. The maximum atomic E-state index is 13.5. The molecule has 0 aliphatic rings. The summed E-state index contributed by atoms with van der Waals surface area (Å²) in [4.78, 5) is 3.42. The van der Waals surface area contributed by atoms with Crippen molar-refractivity contribution in [3.63, 3.8) is 0 Å². The monoisotopic (exact) mass is 368 g/mol. The summed E-state index contributed by atoms with van der Waals surface area (Å²) >= 11 is 2.84. The molecule has 21 heavy (non-hydrogen) atoms. The highest BCUT2D eigenvalue weighted by Gasteiger charge is 2.36. The highest BCUT2D eigenvalue weighted by Crippen LogP contribution is 2.38. The summed E-state index contributed by atoms with van der Waals surface area (Å²) in [7, 11) is 0. The number of ether oxygens (including phenoxy) is 1. The fraction of sp³-hybridized carbons (Fsp3) is 0.0833. The fourth-order valence-corrected chi connectivity index (χ4v) is 1.77. The SMILES string of the molecule is Nc1cc(F)c(Oc2ncc(Br)cc2C(F)(F)F)cc1F. The molecule has 0 bridgehead atoms.